The lowest BCUT2D eigenvalue weighted by Crippen LogP contribution is -2.33. The molecule has 0 spiro atoms. The number of nitrogens with one attached hydrogen (secondary N) is 1. The Morgan fingerprint density at radius 1 is 1.37 bits per heavy atom. The molecule has 104 valence electrons. The molecule has 0 amide bonds. The van der Waals surface area contributed by atoms with Crippen LogP contribution in [0.2, 0.25) is 5.02 Å². The Balaban J connectivity index is 3.22. The molecule has 1 aromatic rings. The molecule has 19 heavy (non-hydrogen) atoms. The van der Waals surface area contributed by atoms with Gasteiger partial charge in [-0.15, -0.1) is 0 Å². The second kappa shape index (κ2) is 5.83. The van der Waals surface area contributed by atoms with E-state index in [0.717, 1.165) is 0 Å². The number of nitrogens with two attached hydrogens (primary N) is 1. The lowest BCUT2D eigenvalue weighted by molar-refractivity contribution is 0.566. The monoisotopic (exact) mass is 300 g/mol. The molecule has 0 atom stereocenters. The van der Waals surface area contributed by atoms with Crippen LogP contribution in [0.3, 0.4) is 0 Å². The minimum absolute atomic E-state index is 0.192. The lowest BCUT2D eigenvalue weighted by atomic mass is 10.2. The highest BCUT2D eigenvalue weighted by Crippen LogP contribution is 2.24. The smallest absolute Gasteiger partial charge is 0.237 e. The van der Waals surface area contributed by atoms with Crippen LogP contribution in [-0.2, 0) is 10.0 Å². The van der Waals surface area contributed by atoms with Crippen LogP contribution in [0.25, 0.3) is 0 Å². The Labute approximate surface area is 119 Å². The van der Waals surface area contributed by atoms with Crippen LogP contribution >= 0.6 is 11.6 Å². The predicted molar refractivity (Wildman–Crippen MR) is 79.7 cm³/mol. The quantitative estimate of drug-likeness (QED) is 0.822. The number of hydrogen-bond donors (Lipinski definition) is 2. The zero-order valence-corrected chi connectivity index (χ0v) is 12.7. The molecule has 0 bridgehead atoms. The van der Waals surface area contributed by atoms with Gasteiger partial charge in [0.2, 0.25) is 10.0 Å². The fourth-order valence-corrected chi connectivity index (χ4v) is 2.10. The van der Waals surface area contributed by atoms with E-state index in [9.17, 15) is 8.42 Å². The summed E-state index contributed by atoms with van der Waals surface area (Å²) in [7, 11) is -3.50. The number of rotatable bonds is 2. The van der Waals surface area contributed by atoms with Gasteiger partial charge in [0.15, 0.2) is 0 Å². The van der Waals surface area contributed by atoms with Crippen LogP contribution in [0.15, 0.2) is 18.2 Å². The molecule has 0 saturated carbocycles. The van der Waals surface area contributed by atoms with E-state index in [2.05, 4.69) is 16.6 Å². The van der Waals surface area contributed by atoms with Gasteiger partial charge in [0.05, 0.1) is 22.5 Å². The van der Waals surface area contributed by atoms with E-state index < -0.39 is 14.8 Å². The van der Waals surface area contributed by atoms with Gasteiger partial charge in [0, 0.05) is 5.02 Å². The lowest BCUT2D eigenvalue weighted by Gasteiger charge is -2.21. The summed E-state index contributed by atoms with van der Waals surface area (Å²) in [6, 6.07) is 4.80. The van der Waals surface area contributed by atoms with Crippen molar-refractivity contribution in [2.24, 2.45) is 5.73 Å². The molecular weight excluding hydrogens is 284 g/mol. The zero-order chi connectivity index (χ0) is 14.7. The van der Waals surface area contributed by atoms with Crippen molar-refractivity contribution in [3.8, 4) is 11.8 Å². The van der Waals surface area contributed by atoms with Crippen molar-refractivity contribution in [2.45, 2.75) is 25.5 Å². The predicted octanol–water partition coefficient (Wildman–Crippen LogP) is 2.19. The van der Waals surface area contributed by atoms with E-state index in [1.54, 1.807) is 39.0 Å². The van der Waals surface area contributed by atoms with Crippen LogP contribution in [0.1, 0.15) is 26.3 Å². The topological polar surface area (TPSA) is 72.2 Å². The maximum atomic E-state index is 12.1. The van der Waals surface area contributed by atoms with E-state index in [-0.39, 0.29) is 6.54 Å². The molecule has 0 unspecified atom stereocenters. The molecule has 0 aliphatic heterocycles. The fraction of sp³-hybridized carbons (Fsp3) is 0.385. The van der Waals surface area contributed by atoms with Crippen LogP contribution in [0, 0.1) is 11.8 Å². The second-order valence-electron chi connectivity index (χ2n) is 4.91. The maximum absolute atomic E-state index is 12.1. The third-order valence-electron chi connectivity index (χ3n) is 2.36. The van der Waals surface area contributed by atoms with E-state index >= 15 is 0 Å². The molecule has 1 aromatic carbocycles. The van der Waals surface area contributed by atoms with Crippen LogP contribution in [0.5, 0.6) is 0 Å². The van der Waals surface area contributed by atoms with Crippen molar-refractivity contribution in [2.75, 3.05) is 11.3 Å². The summed E-state index contributed by atoms with van der Waals surface area (Å²) in [6.07, 6.45) is 0. The Kier molecular flexibility index (Phi) is 4.86. The molecule has 0 aliphatic carbocycles. The normalized spacial score (nSPS) is 11.6. The highest BCUT2D eigenvalue weighted by Gasteiger charge is 2.29. The Hall–Kier alpha value is -1.22. The average Bonchev–Trinajstić information content (AvgIpc) is 2.27. The van der Waals surface area contributed by atoms with E-state index in [0.29, 0.717) is 16.3 Å². The third kappa shape index (κ3) is 4.13. The van der Waals surface area contributed by atoms with Crippen LogP contribution in [0.4, 0.5) is 5.69 Å². The SMILES string of the molecule is CC(C)(C)S(=O)(=O)Nc1ccc(Cl)cc1C#CCN. The van der Waals surface area contributed by atoms with Gasteiger partial charge in [-0.05, 0) is 39.0 Å². The molecular formula is C13H17ClN2O2S. The first-order chi connectivity index (χ1) is 8.67. The highest BCUT2D eigenvalue weighted by molar-refractivity contribution is 7.94. The van der Waals surface area contributed by atoms with Crippen molar-refractivity contribution in [1.29, 1.82) is 0 Å². The Morgan fingerprint density at radius 2 is 2.00 bits per heavy atom. The fourth-order valence-electron chi connectivity index (χ4n) is 1.15. The summed E-state index contributed by atoms with van der Waals surface area (Å²) in [5, 5.41) is 0.486. The van der Waals surface area contributed by atoms with Gasteiger partial charge in [-0.2, -0.15) is 0 Å². The minimum atomic E-state index is -3.50. The van der Waals surface area contributed by atoms with Gasteiger partial charge in [-0.3, -0.25) is 4.72 Å². The summed E-state index contributed by atoms with van der Waals surface area (Å²) in [5.74, 6) is 5.48. The van der Waals surface area contributed by atoms with Crippen LogP contribution in [-0.4, -0.2) is 19.7 Å². The third-order valence-corrected chi connectivity index (χ3v) is 4.69. The van der Waals surface area contributed by atoms with Crippen molar-refractivity contribution >= 4 is 27.3 Å². The van der Waals surface area contributed by atoms with E-state index in [4.69, 9.17) is 17.3 Å². The van der Waals surface area contributed by atoms with Gasteiger partial charge in [0.1, 0.15) is 0 Å². The average molecular weight is 301 g/mol. The molecule has 3 N–H and O–H groups in total. The molecule has 0 radical (unpaired) electrons. The molecule has 0 aromatic heterocycles. The first-order valence-corrected chi connectivity index (χ1v) is 7.54. The molecule has 1 rings (SSSR count). The van der Waals surface area contributed by atoms with Gasteiger partial charge in [0.25, 0.3) is 0 Å². The number of halogens is 1. The van der Waals surface area contributed by atoms with Crippen molar-refractivity contribution in [3.63, 3.8) is 0 Å². The van der Waals surface area contributed by atoms with Gasteiger partial charge in [-0.25, -0.2) is 8.42 Å². The minimum Gasteiger partial charge on any atom is -0.320 e. The zero-order valence-electron chi connectivity index (χ0n) is 11.1. The van der Waals surface area contributed by atoms with Gasteiger partial charge < -0.3 is 5.73 Å². The summed E-state index contributed by atoms with van der Waals surface area (Å²) in [4.78, 5) is 0. The maximum Gasteiger partial charge on any atom is 0.237 e. The number of hydrogen-bond acceptors (Lipinski definition) is 3. The Bertz CT molecular complexity index is 622. The Morgan fingerprint density at radius 3 is 2.53 bits per heavy atom. The second-order valence-corrected chi connectivity index (χ2v) is 7.79. The standard InChI is InChI=1S/C13H17ClN2O2S/c1-13(2,3)19(17,18)16-12-7-6-11(14)9-10(12)5-4-8-15/h6-7,9,16H,8,15H2,1-3H3. The summed E-state index contributed by atoms with van der Waals surface area (Å²) in [6.45, 7) is 5.06. The largest absolute Gasteiger partial charge is 0.320 e. The summed E-state index contributed by atoms with van der Waals surface area (Å²) in [5.41, 5.74) is 6.22. The number of sulfonamides is 1. The van der Waals surface area contributed by atoms with E-state index in [1.165, 1.54) is 0 Å². The van der Waals surface area contributed by atoms with Crippen molar-refractivity contribution in [1.82, 2.24) is 0 Å². The van der Waals surface area contributed by atoms with E-state index in [1.807, 2.05) is 0 Å². The molecule has 0 saturated heterocycles. The van der Waals surface area contributed by atoms with Gasteiger partial charge in [-0.1, -0.05) is 23.4 Å². The molecule has 0 heterocycles. The molecule has 0 aliphatic rings. The molecule has 4 nitrogen and oxygen atoms in total. The highest BCUT2D eigenvalue weighted by atomic mass is 35.5. The summed E-state index contributed by atoms with van der Waals surface area (Å²) >= 11 is 5.88. The van der Waals surface area contributed by atoms with Crippen molar-refractivity contribution in [3.05, 3.63) is 28.8 Å². The first-order valence-electron chi connectivity index (χ1n) is 5.68. The van der Waals surface area contributed by atoms with Crippen molar-refractivity contribution < 1.29 is 8.42 Å². The number of anilines is 1. The molecule has 6 heteroatoms. The first kappa shape index (κ1) is 15.8. The number of benzene rings is 1. The molecule has 0 fully saturated rings. The van der Waals surface area contributed by atoms with Gasteiger partial charge >= 0.3 is 0 Å². The summed E-state index contributed by atoms with van der Waals surface area (Å²) < 4.78 is 25.9. The van der Waals surface area contributed by atoms with Crippen LogP contribution < -0.4 is 10.5 Å².